The van der Waals surface area contributed by atoms with Crippen molar-refractivity contribution in [1.29, 1.82) is 0 Å². The summed E-state index contributed by atoms with van der Waals surface area (Å²) >= 11 is 0. The summed E-state index contributed by atoms with van der Waals surface area (Å²) in [7, 11) is 0. The van der Waals surface area contributed by atoms with Gasteiger partial charge in [0.2, 0.25) is 0 Å². The molecule has 0 saturated heterocycles. The van der Waals surface area contributed by atoms with Crippen LogP contribution >= 0.6 is 0 Å². The normalized spacial score (nSPS) is 0. The largest absolute Gasteiger partial charge is 0 e. The quantitative estimate of drug-likeness (QED) is 0.480. The van der Waals surface area contributed by atoms with Gasteiger partial charge in [-0.1, -0.05) is 0 Å². The van der Waals surface area contributed by atoms with Crippen molar-refractivity contribution in [1.82, 2.24) is 0 Å². The second-order valence-electron chi connectivity index (χ2n) is 0. The van der Waals surface area contributed by atoms with E-state index >= 15 is 0 Å². The predicted molar refractivity (Wildman–Crippen MR) is 0 cm³/mol. The number of rotatable bonds is 0. The van der Waals surface area contributed by atoms with Crippen molar-refractivity contribution in [3.8, 4) is 0 Å². The van der Waals surface area contributed by atoms with E-state index in [1.165, 1.54) is 0 Å². The average Bonchev–Trinajstić information content (AvgIpc) is 0. The zero-order chi connectivity index (χ0) is 0. The van der Waals surface area contributed by atoms with E-state index in [-0.39, 0.29) is 80.5 Å². The van der Waals surface area contributed by atoms with Crippen LogP contribution in [0.3, 0.4) is 0 Å². The SMILES string of the molecule is [Ti].[Ti].[V].[V]. The Hall–Kier alpha value is 2.60. The van der Waals surface area contributed by atoms with E-state index in [1.807, 2.05) is 0 Å². The first-order valence-electron chi connectivity index (χ1n) is 0. The van der Waals surface area contributed by atoms with Gasteiger partial charge in [-0.15, -0.1) is 0 Å². The predicted octanol–water partition coefficient (Wildman–Crippen LogP) is -0.0100. The Morgan fingerprint density at radius 1 is 0.500 bits per heavy atom. The minimum atomic E-state index is 0. The summed E-state index contributed by atoms with van der Waals surface area (Å²) in [5, 5.41) is 0. The summed E-state index contributed by atoms with van der Waals surface area (Å²) in [4.78, 5) is 0. The molecule has 0 aromatic carbocycles. The molecule has 18 valence electrons. The summed E-state index contributed by atoms with van der Waals surface area (Å²) < 4.78 is 0. The van der Waals surface area contributed by atoms with E-state index in [2.05, 4.69) is 0 Å². The molecule has 0 nitrogen and oxygen atoms in total. The smallest absolute Gasteiger partial charge is 0 e. The molecule has 0 unspecified atom stereocenters. The van der Waals surface area contributed by atoms with Crippen LogP contribution in [0.1, 0.15) is 0 Å². The van der Waals surface area contributed by atoms with Crippen molar-refractivity contribution in [2.75, 3.05) is 0 Å². The topological polar surface area (TPSA) is 0 Å². The van der Waals surface area contributed by atoms with Gasteiger partial charge in [0, 0.05) is 80.5 Å². The maximum absolute atomic E-state index is 0. The second kappa shape index (κ2) is 17.5. The monoisotopic (exact) mass is 198 g/mol. The van der Waals surface area contributed by atoms with Crippen LogP contribution in [0, 0.1) is 0 Å². The van der Waals surface area contributed by atoms with Crippen molar-refractivity contribution in [3.63, 3.8) is 0 Å². The van der Waals surface area contributed by atoms with Gasteiger partial charge in [0.25, 0.3) is 0 Å². The van der Waals surface area contributed by atoms with Crippen LogP contribution in [0.5, 0.6) is 0 Å². The minimum Gasteiger partial charge on any atom is 0 e. The molecule has 0 aliphatic rings. The first kappa shape index (κ1) is 30.6. The van der Waals surface area contributed by atoms with Crippen LogP contribution in [-0.2, 0) is 80.5 Å². The first-order valence-corrected chi connectivity index (χ1v) is 0. The Balaban J connectivity index is 0. The summed E-state index contributed by atoms with van der Waals surface area (Å²) in [6.45, 7) is 0. The molecule has 0 fully saturated rings. The molecule has 0 aromatic heterocycles. The van der Waals surface area contributed by atoms with Crippen LogP contribution in [0.4, 0.5) is 0 Å². The maximum atomic E-state index is 0. The summed E-state index contributed by atoms with van der Waals surface area (Å²) in [5.74, 6) is 0. The van der Waals surface area contributed by atoms with E-state index < -0.39 is 0 Å². The van der Waals surface area contributed by atoms with E-state index in [9.17, 15) is 0 Å². The summed E-state index contributed by atoms with van der Waals surface area (Å²) in [5.41, 5.74) is 0. The van der Waals surface area contributed by atoms with Crippen molar-refractivity contribution in [3.05, 3.63) is 0 Å². The third kappa shape index (κ3) is 8.82. The van der Waals surface area contributed by atoms with Crippen LogP contribution < -0.4 is 0 Å². The fraction of sp³-hybridized carbons (Fsp3) is 0. The van der Waals surface area contributed by atoms with Crippen LogP contribution in [0.25, 0.3) is 0 Å². The van der Waals surface area contributed by atoms with E-state index in [0.29, 0.717) is 0 Å². The van der Waals surface area contributed by atoms with E-state index in [4.69, 9.17) is 0 Å². The molecule has 0 aromatic rings. The Kier molecular flexibility index (Phi) is 134. The molecule has 4 heteroatoms. The third-order valence-electron chi connectivity index (χ3n) is 0. The molecule has 0 heterocycles. The van der Waals surface area contributed by atoms with Gasteiger partial charge in [-0.2, -0.15) is 0 Å². The molecule has 0 rings (SSSR count). The second-order valence-corrected chi connectivity index (χ2v) is 0. The molecule has 0 saturated carbocycles. The van der Waals surface area contributed by atoms with Crippen molar-refractivity contribution >= 4 is 0 Å². The van der Waals surface area contributed by atoms with Gasteiger partial charge in [0.15, 0.2) is 0 Å². The summed E-state index contributed by atoms with van der Waals surface area (Å²) in [6.07, 6.45) is 0. The molecule has 0 bridgehead atoms. The number of hydrogen-bond donors (Lipinski definition) is 0. The van der Waals surface area contributed by atoms with Crippen molar-refractivity contribution in [2.24, 2.45) is 0 Å². The zero-order valence-electron chi connectivity index (χ0n) is 1.89. The van der Waals surface area contributed by atoms with Crippen LogP contribution in [0.2, 0.25) is 0 Å². The molecule has 0 N–H and O–H groups in total. The van der Waals surface area contributed by atoms with Crippen molar-refractivity contribution in [2.45, 2.75) is 0 Å². The van der Waals surface area contributed by atoms with E-state index in [1.54, 1.807) is 0 Å². The minimum absolute atomic E-state index is 0. The standard InChI is InChI=1S/2Ti.2V. The Morgan fingerprint density at radius 3 is 0.500 bits per heavy atom. The molecular weight excluding hydrogens is 198 g/mol. The molecule has 0 amide bonds. The fourth-order valence-corrected chi connectivity index (χ4v) is 0. The fourth-order valence-electron chi connectivity index (χ4n) is 0. The van der Waals surface area contributed by atoms with Gasteiger partial charge in [0.05, 0.1) is 0 Å². The van der Waals surface area contributed by atoms with Gasteiger partial charge in [0.1, 0.15) is 0 Å². The van der Waals surface area contributed by atoms with Gasteiger partial charge in [-0.25, -0.2) is 0 Å². The van der Waals surface area contributed by atoms with E-state index in [0.717, 1.165) is 0 Å². The first-order chi connectivity index (χ1) is 0. The zero-order valence-corrected chi connectivity index (χ0v) is 7.81. The molecule has 0 aliphatic carbocycles. The Morgan fingerprint density at radius 2 is 0.500 bits per heavy atom. The van der Waals surface area contributed by atoms with Gasteiger partial charge in [-0.3, -0.25) is 0 Å². The molecule has 0 spiro atoms. The van der Waals surface area contributed by atoms with Gasteiger partial charge >= 0.3 is 0 Å². The third-order valence-corrected chi connectivity index (χ3v) is 0. The van der Waals surface area contributed by atoms with Crippen molar-refractivity contribution < 1.29 is 80.5 Å². The average molecular weight is 198 g/mol. The number of hydrogen-bond acceptors (Lipinski definition) is 0. The maximum Gasteiger partial charge on any atom is 0 e. The Bertz CT molecular complexity index is 4.00. The Labute approximate surface area is 79.4 Å². The molecule has 2 radical (unpaired) electrons. The van der Waals surface area contributed by atoms with Gasteiger partial charge in [-0.05, 0) is 0 Å². The van der Waals surface area contributed by atoms with Crippen LogP contribution in [-0.4, -0.2) is 0 Å². The van der Waals surface area contributed by atoms with Gasteiger partial charge < -0.3 is 0 Å². The molecule has 0 aliphatic heterocycles. The molecule has 4 heavy (non-hydrogen) atoms. The molecule has 0 atom stereocenters. The summed E-state index contributed by atoms with van der Waals surface area (Å²) in [6, 6.07) is 0. The van der Waals surface area contributed by atoms with Crippen LogP contribution in [0.15, 0.2) is 0 Å². The molecular formula is Ti2V2.